The zero-order chi connectivity index (χ0) is 14.0. The van der Waals surface area contributed by atoms with Crippen LogP contribution in [0.2, 0.25) is 0 Å². The second-order valence-corrected chi connectivity index (χ2v) is 6.21. The summed E-state index contributed by atoms with van der Waals surface area (Å²) >= 11 is 0. The van der Waals surface area contributed by atoms with Crippen LogP contribution in [0.1, 0.15) is 39.4 Å². The van der Waals surface area contributed by atoms with Crippen molar-refractivity contribution in [3.8, 4) is 0 Å². The fraction of sp³-hybridized carbons (Fsp3) is 0.714. The zero-order valence-corrected chi connectivity index (χ0v) is 12.3. The summed E-state index contributed by atoms with van der Waals surface area (Å²) in [6.45, 7) is 9.37. The highest BCUT2D eigenvalue weighted by molar-refractivity contribution is 5.51. The van der Waals surface area contributed by atoms with Crippen molar-refractivity contribution < 1.29 is 5.11 Å². The van der Waals surface area contributed by atoms with Gasteiger partial charge in [0.25, 0.3) is 0 Å². The average Bonchev–Trinajstić information content (AvgIpc) is 2.73. The summed E-state index contributed by atoms with van der Waals surface area (Å²) in [5.74, 6) is 2.52. The molecule has 1 aromatic rings. The van der Waals surface area contributed by atoms with E-state index in [0.717, 1.165) is 36.8 Å². The third-order valence-corrected chi connectivity index (χ3v) is 3.21. The fourth-order valence-electron chi connectivity index (χ4n) is 2.47. The first-order valence-corrected chi connectivity index (χ1v) is 6.90. The Kier molecular flexibility index (Phi) is 3.94. The first-order valence-electron chi connectivity index (χ1n) is 6.90. The van der Waals surface area contributed by atoms with Gasteiger partial charge in [-0.2, -0.15) is 0 Å². The Morgan fingerprint density at radius 3 is 2.79 bits per heavy atom. The van der Waals surface area contributed by atoms with Gasteiger partial charge < -0.3 is 15.3 Å². The predicted molar refractivity (Wildman–Crippen MR) is 77.6 cm³/mol. The Morgan fingerprint density at radius 1 is 1.42 bits per heavy atom. The Hall–Kier alpha value is -1.36. The summed E-state index contributed by atoms with van der Waals surface area (Å²) in [5.41, 5.74) is -0.0283. The molecule has 0 aromatic carbocycles. The molecule has 2 heterocycles. The molecule has 1 atom stereocenters. The molecule has 1 aliphatic rings. The zero-order valence-electron chi connectivity index (χ0n) is 12.3. The van der Waals surface area contributed by atoms with E-state index < -0.39 is 0 Å². The number of nitrogens with zero attached hydrogens (tertiary/aromatic N) is 3. The minimum atomic E-state index is -0.0283. The van der Waals surface area contributed by atoms with Crippen molar-refractivity contribution in [2.45, 2.75) is 52.1 Å². The standard InChI is InChI=1S/C14H24N4O/c1-10-15-12(17-14(2,3)4)8-13(16-10)18-7-5-6-11(18)9-19/h8,11,19H,5-7,9H2,1-4H3,(H,15,16,17). The summed E-state index contributed by atoms with van der Waals surface area (Å²) in [7, 11) is 0. The lowest BCUT2D eigenvalue weighted by Gasteiger charge is -2.26. The number of aliphatic hydroxyl groups excluding tert-OH is 1. The molecule has 1 aromatic heterocycles. The third kappa shape index (κ3) is 3.56. The Balaban J connectivity index is 2.26. The van der Waals surface area contributed by atoms with E-state index in [1.54, 1.807) is 0 Å². The van der Waals surface area contributed by atoms with Gasteiger partial charge >= 0.3 is 0 Å². The van der Waals surface area contributed by atoms with E-state index in [1.807, 2.05) is 13.0 Å². The van der Waals surface area contributed by atoms with Crippen molar-refractivity contribution in [2.24, 2.45) is 0 Å². The molecule has 0 saturated carbocycles. The maximum atomic E-state index is 9.42. The van der Waals surface area contributed by atoms with E-state index in [0.29, 0.717) is 0 Å². The molecule has 1 fully saturated rings. The van der Waals surface area contributed by atoms with E-state index in [1.165, 1.54) is 0 Å². The molecule has 0 spiro atoms. The smallest absolute Gasteiger partial charge is 0.134 e. The van der Waals surface area contributed by atoms with Crippen LogP contribution >= 0.6 is 0 Å². The molecule has 5 nitrogen and oxygen atoms in total. The van der Waals surface area contributed by atoms with Crippen LogP contribution in [0.4, 0.5) is 11.6 Å². The third-order valence-electron chi connectivity index (χ3n) is 3.21. The molecular formula is C14H24N4O. The Labute approximate surface area is 115 Å². The van der Waals surface area contributed by atoms with Gasteiger partial charge in [-0.1, -0.05) is 0 Å². The maximum absolute atomic E-state index is 9.42. The molecule has 5 heteroatoms. The van der Waals surface area contributed by atoms with E-state index >= 15 is 0 Å². The van der Waals surface area contributed by atoms with Crippen molar-refractivity contribution in [1.29, 1.82) is 0 Å². The molecule has 2 N–H and O–H groups in total. The number of hydrogen-bond donors (Lipinski definition) is 2. The van der Waals surface area contributed by atoms with E-state index in [-0.39, 0.29) is 18.2 Å². The predicted octanol–water partition coefficient (Wildman–Crippen LogP) is 1.96. The first-order chi connectivity index (χ1) is 8.89. The van der Waals surface area contributed by atoms with Gasteiger partial charge in [0.05, 0.1) is 12.6 Å². The number of anilines is 2. The van der Waals surface area contributed by atoms with Gasteiger partial charge in [-0.15, -0.1) is 0 Å². The Morgan fingerprint density at radius 2 is 2.16 bits per heavy atom. The summed E-state index contributed by atoms with van der Waals surface area (Å²) in [4.78, 5) is 11.1. The van der Waals surface area contributed by atoms with Crippen LogP contribution in [0, 0.1) is 6.92 Å². The second-order valence-electron chi connectivity index (χ2n) is 6.21. The minimum absolute atomic E-state index is 0.0283. The van der Waals surface area contributed by atoms with Crippen LogP contribution in [-0.2, 0) is 0 Å². The number of rotatable bonds is 3. The van der Waals surface area contributed by atoms with Gasteiger partial charge in [0.15, 0.2) is 0 Å². The largest absolute Gasteiger partial charge is 0.394 e. The number of aliphatic hydroxyl groups is 1. The van der Waals surface area contributed by atoms with E-state index in [2.05, 4.69) is 41.0 Å². The summed E-state index contributed by atoms with van der Waals surface area (Å²) < 4.78 is 0. The summed E-state index contributed by atoms with van der Waals surface area (Å²) in [5, 5.41) is 12.8. The van der Waals surface area contributed by atoms with Crippen LogP contribution in [0.3, 0.4) is 0 Å². The molecule has 1 unspecified atom stereocenters. The molecule has 19 heavy (non-hydrogen) atoms. The molecule has 1 aliphatic heterocycles. The van der Waals surface area contributed by atoms with E-state index in [4.69, 9.17) is 0 Å². The van der Waals surface area contributed by atoms with Crippen molar-refractivity contribution in [2.75, 3.05) is 23.4 Å². The molecule has 0 aliphatic carbocycles. The van der Waals surface area contributed by atoms with Gasteiger partial charge in [-0.05, 0) is 40.5 Å². The lowest BCUT2D eigenvalue weighted by Crippen LogP contribution is -2.33. The van der Waals surface area contributed by atoms with Crippen molar-refractivity contribution >= 4 is 11.6 Å². The lowest BCUT2D eigenvalue weighted by atomic mass is 10.1. The monoisotopic (exact) mass is 264 g/mol. The highest BCUT2D eigenvalue weighted by Crippen LogP contribution is 2.26. The van der Waals surface area contributed by atoms with Crippen molar-refractivity contribution in [3.05, 3.63) is 11.9 Å². The highest BCUT2D eigenvalue weighted by Gasteiger charge is 2.25. The number of hydrogen-bond acceptors (Lipinski definition) is 5. The van der Waals surface area contributed by atoms with Crippen LogP contribution < -0.4 is 10.2 Å². The molecule has 0 radical (unpaired) electrons. The van der Waals surface area contributed by atoms with Gasteiger partial charge in [-0.3, -0.25) is 0 Å². The number of aryl methyl sites for hydroxylation is 1. The van der Waals surface area contributed by atoms with Crippen LogP contribution in [-0.4, -0.2) is 39.8 Å². The molecular weight excluding hydrogens is 240 g/mol. The van der Waals surface area contributed by atoms with Gasteiger partial charge in [0.1, 0.15) is 17.5 Å². The number of nitrogens with one attached hydrogen (secondary N) is 1. The quantitative estimate of drug-likeness (QED) is 0.874. The first kappa shape index (κ1) is 14.1. The molecule has 0 amide bonds. The highest BCUT2D eigenvalue weighted by atomic mass is 16.3. The average molecular weight is 264 g/mol. The van der Waals surface area contributed by atoms with E-state index in [9.17, 15) is 5.11 Å². The normalized spacial score (nSPS) is 19.8. The lowest BCUT2D eigenvalue weighted by molar-refractivity contribution is 0.266. The SMILES string of the molecule is Cc1nc(NC(C)(C)C)cc(N2CCCC2CO)n1. The van der Waals surface area contributed by atoms with Crippen molar-refractivity contribution in [3.63, 3.8) is 0 Å². The molecule has 1 saturated heterocycles. The second kappa shape index (κ2) is 5.33. The van der Waals surface area contributed by atoms with Crippen molar-refractivity contribution in [1.82, 2.24) is 9.97 Å². The van der Waals surface area contributed by atoms with Crippen LogP contribution in [0.25, 0.3) is 0 Å². The topological polar surface area (TPSA) is 61.3 Å². The summed E-state index contributed by atoms with van der Waals surface area (Å²) in [6, 6.07) is 2.17. The van der Waals surface area contributed by atoms with Gasteiger partial charge in [-0.25, -0.2) is 9.97 Å². The minimum Gasteiger partial charge on any atom is -0.394 e. The summed E-state index contributed by atoms with van der Waals surface area (Å²) in [6.07, 6.45) is 2.14. The number of aromatic nitrogens is 2. The van der Waals surface area contributed by atoms with Crippen LogP contribution in [0.15, 0.2) is 6.07 Å². The Bertz CT molecular complexity index is 442. The molecule has 0 bridgehead atoms. The van der Waals surface area contributed by atoms with Gasteiger partial charge in [0, 0.05) is 18.2 Å². The maximum Gasteiger partial charge on any atom is 0.134 e. The fourth-order valence-corrected chi connectivity index (χ4v) is 2.47. The van der Waals surface area contributed by atoms with Crippen LogP contribution in [0.5, 0.6) is 0 Å². The van der Waals surface area contributed by atoms with Gasteiger partial charge in [0.2, 0.25) is 0 Å². The molecule has 106 valence electrons. The molecule has 2 rings (SSSR count).